The zero-order valence-corrected chi connectivity index (χ0v) is 28.6. The fraction of sp³-hybridized carbons (Fsp3) is 0.344. The number of benzene rings is 2. The van der Waals surface area contributed by atoms with E-state index in [0.717, 1.165) is 28.2 Å². The summed E-state index contributed by atoms with van der Waals surface area (Å²) in [6.07, 6.45) is 0.163. The Kier molecular flexibility index (Phi) is 10.6. The highest BCUT2D eigenvalue weighted by Crippen LogP contribution is 2.42. The van der Waals surface area contributed by atoms with Gasteiger partial charge in [-0.3, -0.25) is 14.5 Å². The van der Waals surface area contributed by atoms with Crippen molar-refractivity contribution in [2.24, 2.45) is 5.16 Å². The van der Waals surface area contributed by atoms with Crippen LogP contribution in [0.1, 0.15) is 57.2 Å². The molecular formula is C32H34N6O6S3. The summed E-state index contributed by atoms with van der Waals surface area (Å²) < 4.78 is 15.8. The smallest absolute Gasteiger partial charge is 0.347 e. The van der Waals surface area contributed by atoms with Crippen molar-refractivity contribution in [3.63, 3.8) is 0 Å². The maximum Gasteiger partial charge on any atom is 0.347 e. The number of nitrogens with two attached hydrogens (primary N) is 1. The first-order valence-corrected chi connectivity index (χ1v) is 17.0. The number of thioether (sulfide) groups is 1. The lowest BCUT2D eigenvalue weighted by atomic mass is 10.00. The first kappa shape index (κ1) is 34.0. The Hall–Kier alpha value is -4.34. The molecule has 2 aliphatic heterocycles. The number of aromatic nitrogens is 2. The first-order chi connectivity index (χ1) is 22.5. The van der Waals surface area contributed by atoms with E-state index in [1.165, 1.54) is 11.8 Å². The van der Waals surface area contributed by atoms with Gasteiger partial charge >= 0.3 is 5.97 Å². The second-order valence-corrected chi connectivity index (χ2v) is 13.8. The molecule has 0 radical (unpaired) electrons. The van der Waals surface area contributed by atoms with Gasteiger partial charge in [-0.15, -0.1) is 11.8 Å². The standard InChI is InChI=1S/C32H34N6O6S3/c1-5-18-17-46-29-23(34-27(40)22(26-35-31(33)47-37-26)36-42-16-21(39)44-32(2,3)4)28(41)38(29)24(18)30(45)43-25(19-12-8-6-9-13-19)20-14-10-7-11-15-20/h6-15,23,25,29H,5,16-17H2,1-4H3,(H,34,40)(H2,33,35,37)/t23?,29-/m1/s1. The van der Waals surface area contributed by atoms with Crippen LogP contribution in [0.4, 0.5) is 5.13 Å². The van der Waals surface area contributed by atoms with Gasteiger partial charge in [0.15, 0.2) is 5.13 Å². The second-order valence-electron chi connectivity index (χ2n) is 11.5. The number of nitrogens with zero attached hydrogens (tertiary/aromatic N) is 4. The van der Waals surface area contributed by atoms with E-state index in [1.54, 1.807) is 25.7 Å². The molecule has 3 N–H and O–H groups in total. The Morgan fingerprint density at radius 3 is 2.32 bits per heavy atom. The number of carbonyl (C=O) groups is 3. The van der Waals surface area contributed by atoms with Gasteiger partial charge in [0.2, 0.25) is 23.2 Å². The molecule has 47 heavy (non-hydrogen) atoms. The number of anilines is 1. The molecule has 15 heteroatoms. The number of hydrogen-bond acceptors (Lipinski definition) is 13. The highest BCUT2D eigenvalue weighted by atomic mass is 32.2. The van der Waals surface area contributed by atoms with Gasteiger partial charge in [0, 0.05) is 17.3 Å². The number of hydrogen-bond donors (Lipinski definition) is 2. The van der Waals surface area contributed by atoms with Gasteiger partial charge in [0.05, 0.1) is 5.70 Å². The van der Waals surface area contributed by atoms with E-state index in [-0.39, 0.29) is 27.6 Å². The first-order valence-electron chi connectivity index (χ1n) is 14.8. The van der Waals surface area contributed by atoms with Crippen LogP contribution in [0.15, 0.2) is 77.1 Å². The summed E-state index contributed by atoms with van der Waals surface area (Å²) in [4.78, 5) is 50.0. The largest absolute Gasteiger partial charge is 0.469 e. The van der Waals surface area contributed by atoms with Crippen LogP contribution in [-0.2, 0) is 28.7 Å². The number of rotatable bonds is 11. The molecule has 0 spiro atoms. The minimum Gasteiger partial charge on any atom is -0.469 e. The Morgan fingerprint density at radius 2 is 1.77 bits per heavy atom. The topological polar surface area (TPSA) is 158 Å². The van der Waals surface area contributed by atoms with Crippen molar-refractivity contribution in [2.45, 2.75) is 57.2 Å². The van der Waals surface area contributed by atoms with Crippen LogP contribution in [0.25, 0.3) is 0 Å². The molecule has 3 aromatic rings. The molecule has 12 nitrogen and oxygen atoms in total. The lowest BCUT2D eigenvalue weighted by Gasteiger charge is -2.50. The van der Waals surface area contributed by atoms with E-state index in [0.29, 0.717) is 17.9 Å². The predicted molar refractivity (Wildman–Crippen MR) is 183 cm³/mol. The van der Waals surface area contributed by atoms with Crippen molar-refractivity contribution in [3.8, 4) is 0 Å². The minimum absolute atomic E-state index is 0.0982. The van der Waals surface area contributed by atoms with Crippen LogP contribution in [0.2, 0.25) is 0 Å². The number of amides is 2. The lowest BCUT2D eigenvalue weighted by molar-refractivity contribution is -0.160. The van der Waals surface area contributed by atoms with Gasteiger partial charge in [0.1, 0.15) is 23.1 Å². The number of fused-ring (bicyclic) bond motifs is 1. The third-order valence-corrected chi connectivity index (χ3v) is 9.18. The molecule has 2 atom stereocenters. The van der Waals surface area contributed by atoms with Gasteiger partial charge in [-0.2, -0.15) is 9.36 Å². The Balaban J connectivity index is 1.33. The quantitative estimate of drug-likeness (QED) is 0.0965. The van der Waals surface area contributed by atoms with Gasteiger partial charge in [-0.1, -0.05) is 72.7 Å². The summed E-state index contributed by atoms with van der Waals surface area (Å²) in [6, 6.07) is 18.6. The van der Waals surface area contributed by atoms with Crippen LogP contribution in [-0.4, -0.2) is 72.2 Å². The van der Waals surface area contributed by atoms with E-state index >= 15 is 0 Å². The molecule has 0 aliphatic carbocycles. The van der Waals surface area contributed by atoms with Crippen molar-refractivity contribution >= 4 is 69.2 Å². The molecule has 246 valence electrons. The number of ether oxygens (including phenoxy) is 2. The van der Waals surface area contributed by atoms with Crippen LogP contribution in [0, 0.1) is 0 Å². The zero-order chi connectivity index (χ0) is 33.7. The molecule has 1 fully saturated rings. The fourth-order valence-corrected chi connectivity index (χ4v) is 7.16. The van der Waals surface area contributed by atoms with Crippen molar-refractivity contribution in [3.05, 3.63) is 88.9 Å². The average Bonchev–Trinajstić information content (AvgIpc) is 3.48. The van der Waals surface area contributed by atoms with Crippen molar-refractivity contribution in [1.29, 1.82) is 0 Å². The van der Waals surface area contributed by atoms with E-state index in [9.17, 15) is 14.4 Å². The number of carbonyl (C=O) groups excluding carboxylic acids is 3. The number of nitrogen functional groups attached to an aromatic ring is 1. The summed E-state index contributed by atoms with van der Waals surface area (Å²) in [6.45, 7) is 6.59. The molecular weight excluding hydrogens is 661 g/mol. The Labute approximate surface area is 285 Å². The molecule has 1 aromatic heterocycles. The summed E-state index contributed by atoms with van der Waals surface area (Å²) >= 11 is 8.24. The van der Waals surface area contributed by atoms with E-state index in [1.807, 2.05) is 67.6 Å². The molecule has 2 amide bonds. The third-order valence-electron chi connectivity index (χ3n) is 7.01. The average molecular weight is 695 g/mol. The molecule has 1 saturated heterocycles. The fourth-order valence-electron chi connectivity index (χ4n) is 4.93. The van der Waals surface area contributed by atoms with Crippen molar-refractivity contribution in [2.75, 3.05) is 18.1 Å². The number of β-lactam (4-membered cyclic amide) rings is 1. The van der Waals surface area contributed by atoms with E-state index in [4.69, 9.17) is 32.3 Å². The van der Waals surface area contributed by atoms with Crippen LogP contribution in [0.5, 0.6) is 0 Å². The second kappa shape index (κ2) is 14.6. The normalized spacial score (nSPS) is 17.9. The summed E-state index contributed by atoms with van der Waals surface area (Å²) in [5, 5.41) is 6.40. The predicted octanol–water partition coefficient (Wildman–Crippen LogP) is 4.38. The van der Waals surface area contributed by atoms with Crippen molar-refractivity contribution in [1.82, 2.24) is 19.6 Å². The molecule has 2 aromatic carbocycles. The number of thiocarbonyl (C=S) groups is 1. The number of esters is 1. The van der Waals surface area contributed by atoms with E-state index < -0.39 is 41.6 Å². The molecule has 2 aliphatic rings. The summed E-state index contributed by atoms with van der Waals surface area (Å²) in [5.74, 6) is -1.34. The van der Waals surface area contributed by atoms with Crippen LogP contribution >= 0.6 is 35.5 Å². The van der Waals surface area contributed by atoms with Crippen LogP contribution < -0.4 is 11.1 Å². The molecule has 3 heterocycles. The molecule has 1 unspecified atom stereocenters. The highest BCUT2D eigenvalue weighted by Gasteiger charge is 2.54. The van der Waals surface area contributed by atoms with E-state index in [2.05, 4.69) is 19.8 Å². The Morgan fingerprint density at radius 1 is 1.13 bits per heavy atom. The van der Waals surface area contributed by atoms with Crippen molar-refractivity contribution < 1.29 is 28.7 Å². The summed E-state index contributed by atoms with van der Waals surface area (Å²) in [7, 11) is 0. The van der Waals surface area contributed by atoms with Gasteiger partial charge < -0.3 is 25.4 Å². The lowest BCUT2D eigenvalue weighted by Crippen LogP contribution is -2.71. The maximum absolute atomic E-state index is 13.7. The number of nitrogens with one attached hydrogen (secondary N) is 1. The summed E-state index contributed by atoms with van der Waals surface area (Å²) in [5.41, 5.74) is 8.01. The molecule has 0 saturated carbocycles. The third kappa shape index (κ3) is 7.97. The number of oxime groups is 1. The minimum atomic E-state index is -0.908. The van der Waals surface area contributed by atoms with Gasteiger partial charge in [-0.05, 0) is 56.1 Å². The SMILES string of the molecule is CCC1=C(C(=S)OC(c2ccccc2)c2ccccc2)N2C(=O)C(NC(=O)C(=NOCC(=O)OC(C)(C)C)c3nsc(N)n3)[C@H]2SC1. The molecule has 5 rings (SSSR count). The highest BCUT2D eigenvalue weighted by molar-refractivity contribution is 8.00. The zero-order valence-electron chi connectivity index (χ0n) is 26.2. The van der Waals surface area contributed by atoms with Crippen LogP contribution in [0.3, 0.4) is 0 Å². The molecule has 0 bridgehead atoms. The maximum atomic E-state index is 13.7. The van der Waals surface area contributed by atoms with Gasteiger partial charge in [0.25, 0.3) is 11.8 Å². The van der Waals surface area contributed by atoms with Gasteiger partial charge in [-0.25, -0.2) is 4.79 Å². The monoisotopic (exact) mass is 694 g/mol. The Bertz CT molecular complexity index is 1670.